The Balaban J connectivity index is 2.08. The van der Waals surface area contributed by atoms with Gasteiger partial charge in [-0.3, -0.25) is 4.79 Å². The Bertz CT molecular complexity index is 1010. The summed E-state index contributed by atoms with van der Waals surface area (Å²) in [7, 11) is -4.04. The van der Waals surface area contributed by atoms with Crippen molar-refractivity contribution in [3.63, 3.8) is 0 Å². The van der Waals surface area contributed by atoms with Gasteiger partial charge in [-0.2, -0.15) is 0 Å². The van der Waals surface area contributed by atoms with E-state index in [2.05, 4.69) is 42.5 Å². The Kier molecular flexibility index (Phi) is 8.05. The van der Waals surface area contributed by atoms with Crippen LogP contribution >= 0.6 is 31.9 Å². The summed E-state index contributed by atoms with van der Waals surface area (Å²) < 4.78 is 27.4. The van der Waals surface area contributed by atoms with Gasteiger partial charge in [-0.05, 0) is 58.7 Å². The lowest BCUT2D eigenvalue weighted by atomic mass is 10.2. The van der Waals surface area contributed by atoms with Gasteiger partial charge in [0.05, 0.1) is 14.9 Å². The molecule has 29 heavy (non-hydrogen) atoms. The number of amides is 3. The van der Waals surface area contributed by atoms with Crippen molar-refractivity contribution >= 4 is 59.5 Å². The van der Waals surface area contributed by atoms with Crippen LogP contribution in [0.25, 0.3) is 0 Å². The second kappa shape index (κ2) is 10.1. The maximum Gasteiger partial charge on any atom is 0.328 e. The lowest BCUT2D eigenvalue weighted by Crippen LogP contribution is -2.39. The lowest BCUT2D eigenvalue weighted by molar-refractivity contribution is 0.102. The van der Waals surface area contributed by atoms with Crippen LogP contribution in [0.4, 0.5) is 10.5 Å². The fraction of sp³-hybridized carbons (Fsp3) is 0.222. The van der Waals surface area contributed by atoms with Gasteiger partial charge < -0.3 is 15.7 Å². The highest BCUT2D eigenvalue weighted by molar-refractivity contribution is 9.11. The first-order valence-electron chi connectivity index (χ1n) is 8.54. The molecule has 2 aromatic rings. The van der Waals surface area contributed by atoms with Gasteiger partial charge in [0.15, 0.2) is 0 Å². The number of aromatic hydroxyl groups is 1. The van der Waals surface area contributed by atoms with Crippen molar-refractivity contribution in [2.75, 3.05) is 11.9 Å². The monoisotopic (exact) mass is 547 g/mol. The smallest absolute Gasteiger partial charge is 0.328 e. The Morgan fingerprint density at radius 2 is 1.76 bits per heavy atom. The van der Waals surface area contributed by atoms with Crippen molar-refractivity contribution in [1.82, 2.24) is 10.0 Å². The predicted octanol–water partition coefficient (Wildman–Crippen LogP) is 3.96. The molecule has 0 aliphatic heterocycles. The van der Waals surface area contributed by atoms with Crippen LogP contribution in [-0.2, 0) is 10.0 Å². The molecule has 0 saturated heterocycles. The highest BCUT2D eigenvalue weighted by Gasteiger charge is 2.18. The molecule has 8 nitrogen and oxygen atoms in total. The molecule has 0 spiro atoms. The minimum Gasteiger partial charge on any atom is -0.506 e. The molecule has 11 heteroatoms. The van der Waals surface area contributed by atoms with Gasteiger partial charge in [-0.1, -0.05) is 29.3 Å². The number of hydrogen-bond acceptors (Lipinski definition) is 5. The lowest BCUT2D eigenvalue weighted by Gasteiger charge is -2.11. The maximum atomic E-state index is 12.4. The molecule has 156 valence electrons. The summed E-state index contributed by atoms with van der Waals surface area (Å²) in [4.78, 5) is 23.9. The number of phenols is 1. The number of phenolic OH excluding ortho intramolecular Hbond substituents is 1. The molecule has 0 aromatic heterocycles. The van der Waals surface area contributed by atoms with E-state index in [1.807, 2.05) is 11.6 Å². The van der Waals surface area contributed by atoms with E-state index in [1.165, 1.54) is 30.3 Å². The van der Waals surface area contributed by atoms with Gasteiger partial charge in [0.1, 0.15) is 5.75 Å². The Labute approximate surface area is 185 Å². The molecular weight excluding hydrogens is 530 g/mol. The van der Waals surface area contributed by atoms with Gasteiger partial charge in [-0.15, -0.1) is 0 Å². The molecule has 2 aromatic carbocycles. The van der Waals surface area contributed by atoms with E-state index in [9.17, 15) is 23.1 Å². The summed E-state index contributed by atoms with van der Waals surface area (Å²) in [6.45, 7) is 2.33. The first kappa shape index (κ1) is 23.2. The van der Waals surface area contributed by atoms with Crippen molar-refractivity contribution in [2.24, 2.45) is 0 Å². The zero-order chi connectivity index (χ0) is 21.6. The van der Waals surface area contributed by atoms with Gasteiger partial charge >= 0.3 is 6.03 Å². The molecule has 0 saturated carbocycles. The number of carbonyl (C=O) groups is 2. The molecule has 3 amide bonds. The minimum absolute atomic E-state index is 0.0355. The topological polar surface area (TPSA) is 125 Å². The van der Waals surface area contributed by atoms with E-state index >= 15 is 0 Å². The van der Waals surface area contributed by atoms with Crippen LogP contribution < -0.4 is 15.4 Å². The fourth-order valence-electron chi connectivity index (χ4n) is 2.25. The van der Waals surface area contributed by atoms with Crippen LogP contribution in [0.2, 0.25) is 0 Å². The van der Waals surface area contributed by atoms with E-state index < -0.39 is 22.0 Å². The van der Waals surface area contributed by atoms with Crippen molar-refractivity contribution in [3.05, 3.63) is 50.9 Å². The predicted molar refractivity (Wildman–Crippen MR) is 117 cm³/mol. The highest BCUT2D eigenvalue weighted by Crippen LogP contribution is 2.32. The summed E-state index contributed by atoms with van der Waals surface area (Å²) >= 11 is 6.40. The number of rotatable bonds is 7. The van der Waals surface area contributed by atoms with Crippen molar-refractivity contribution in [3.8, 4) is 5.75 Å². The molecular formula is C18H19Br2N3O5S. The van der Waals surface area contributed by atoms with E-state index in [4.69, 9.17) is 0 Å². The van der Waals surface area contributed by atoms with E-state index in [0.29, 0.717) is 21.2 Å². The molecule has 0 unspecified atom stereocenters. The minimum atomic E-state index is -4.04. The van der Waals surface area contributed by atoms with Crippen LogP contribution in [0, 0.1) is 0 Å². The number of halogens is 2. The summed E-state index contributed by atoms with van der Waals surface area (Å²) in [5.41, 5.74) is 0.352. The summed E-state index contributed by atoms with van der Waals surface area (Å²) in [6.07, 6.45) is 1.61. The summed E-state index contributed by atoms with van der Waals surface area (Å²) in [5, 5.41) is 15.1. The number of benzene rings is 2. The molecule has 0 aliphatic carbocycles. The van der Waals surface area contributed by atoms with E-state index in [1.54, 1.807) is 6.07 Å². The third-order valence-electron chi connectivity index (χ3n) is 3.74. The zero-order valence-electron chi connectivity index (χ0n) is 15.3. The molecule has 0 aliphatic rings. The SMILES string of the molecule is CCCCNC(=O)NS(=O)(=O)c1ccc(NC(=O)c2cc(Br)cc(Br)c2O)cc1. The number of carbonyl (C=O) groups excluding carboxylic acids is 2. The average Bonchev–Trinajstić information content (AvgIpc) is 2.64. The number of nitrogens with one attached hydrogen (secondary N) is 3. The molecule has 0 atom stereocenters. The van der Waals surface area contributed by atoms with E-state index in [-0.39, 0.29) is 16.2 Å². The number of hydrogen-bond donors (Lipinski definition) is 4. The molecule has 0 fully saturated rings. The van der Waals surface area contributed by atoms with Gasteiger partial charge in [0.25, 0.3) is 15.9 Å². The normalized spacial score (nSPS) is 11.0. The van der Waals surface area contributed by atoms with Gasteiger partial charge in [-0.25, -0.2) is 17.9 Å². The van der Waals surface area contributed by atoms with E-state index in [0.717, 1.165) is 12.8 Å². The zero-order valence-corrected chi connectivity index (χ0v) is 19.3. The average molecular weight is 549 g/mol. The second-order valence-electron chi connectivity index (χ2n) is 5.98. The fourth-order valence-corrected chi connectivity index (χ4v) is 4.40. The first-order valence-corrected chi connectivity index (χ1v) is 11.6. The molecule has 4 N–H and O–H groups in total. The number of unbranched alkanes of at least 4 members (excludes halogenated alkanes) is 1. The molecule has 2 rings (SSSR count). The number of anilines is 1. The first-order chi connectivity index (χ1) is 13.6. The molecule has 0 heterocycles. The van der Waals surface area contributed by atoms with Crippen LogP contribution in [0.3, 0.4) is 0 Å². The third-order valence-corrected chi connectivity index (χ3v) is 6.15. The maximum absolute atomic E-state index is 12.4. The van der Waals surface area contributed by atoms with Crippen LogP contribution in [0.1, 0.15) is 30.1 Å². The summed E-state index contributed by atoms with van der Waals surface area (Å²) in [6, 6.07) is 7.53. The van der Waals surface area contributed by atoms with Crippen molar-refractivity contribution in [1.29, 1.82) is 0 Å². The van der Waals surface area contributed by atoms with Gasteiger partial charge in [0, 0.05) is 16.7 Å². The number of urea groups is 1. The van der Waals surface area contributed by atoms with Crippen LogP contribution in [0.15, 0.2) is 50.2 Å². The Hall–Kier alpha value is -2.11. The largest absolute Gasteiger partial charge is 0.506 e. The molecule has 0 radical (unpaired) electrons. The van der Waals surface area contributed by atoms with Crippen LogP contribution in [0.5, 0.6) is 5.75 Å². The quantitative estimate of drug-likeness (QED) is 0.390. The molecule has 0 bridgehead atoms. The third kappa shape index (κ3) is 6.44. The summed E-state index contributed by atoms with van der Waals surface area (Å²) in [5.74, 6) is -0.795. The van der Waals surface area contributed by atoms with Crippen molar-refractivity contribution < 1.29 is 23.1 Å². The van der Waals surface area contributed by atoms with Crippen molar-refractivity contribution in [2.45, 2.75) is 24.7 Å². The van der Waals surface area contributed by atoms with Gasteiger partial charge in [0.2, 0.25) is 0 Å². The Morgan fingerprint density at radius 1 is 1.10 bits per heavy atom. The highest BCUT2D eigenvalue weighted by atomic mass is 79.9. The standard InChI is InChI=1S/C18H19Br2N3O5S/c1-2-3-8-21-18(26)23-29(27,28)13-6-4-12(5-7-13)22-17(25)14-9-11(19)10-15(20)16(14)24/h4-7,9-10,24H,2-3,8H2,1H3,(H,22,25)(H2,21,23,26). The van der Waals surface area contributed by atoms with Crippen LogP contribution in [-0.4, -0.2) is 32.0 Å². The number of sulfonamides is 1. The second-order valence-corrected chi connectivity index (χ2v) is 9.43. The Morgan fingerprint density at radius 3 is 2.38 bits per heavy atom.